The first kappa shape index (κ1) is 57.7. The molecule has 9 heteroatoms. The highest BCUT2D eigenvalue weighted by atomic mass is 31.2. The quantitative estimate of drug-likeness (QED) is 0.0244. The number of amides is 1. The van der Waals surface area contributed by atoms with Crippen molar-refractivity contribution in [3.05, 3.63) is 85.1 Å². The third kappa shape index (κ3) is 43.8. The van der Waals surface area contributed by atoms with Gasteiger partial charge in [-0.1, -0.05) is 195 Å². The van der Waals surface area contributed by atoms with Crippen LogP contribution >= 0.6 is 7.82 Å². The maximum absolute atomic E-state index is 12.7. The first-order valence-corrected chi connectivity index (χ1v) is 25.5. The minimum atomic E-state index is -4.32. The van der Waals surface area contributed by atoms with Gasteiger partial charge in [-0.3, -0.25) is 13.8 Å². The molecule has 0 spiro atoms. The van der Waals surface area contributed by atoms with Crippen molar-refractivity contribution in [1.82, 2.24) is 5.32 Å². The van der Waals surface area contributed by atoms with E-state index in [1.807, 2.05) is 34.1 Å². The van der Waals surface area contributed by atoms with E-state index in [0.717, 1.165) is 70.6 Å². The molecule has 0 aliphatic rings. The number of rotatable bonds is 42. The lowest BCUT2D eigenvalue weighted by Gasteiger charge is -2.25. The van der Waals surface area contributed by atoms with Gasteiger partial charge in [0, 0.05) is 6.42 Å². The molecule has 0 saturated carbocycles. The number of carbonyl (C=O) groups is 1. The minimum absolute atomic E-state index is 0.0573. The van der Waals surface area contributed by atoms with Crippen molar-refractivity contribution in [3.63, 3.8) is 0 Å². The average Bonchev–Trinajstić information content (AvgIpc) is 3.20. The molecular weight excluding hydrogens is 768 g/mol. The molecule has 0 aromatic rings. The maximum atomic E-state index is 12.7. The molecule has 1 amide bonds. The fourth-order valence-corrected chi connectivity index (χ4v) is 7.08. The molecule has 3 atom stereocenters. The van der Waals surface area contributed by atoms with Crippen LogP contribution in [-0.2, 0) is 18.4 Å². The summed E-state index contributed by atoms with van der Waals surface area (Å²) in [7, 11) is 1.56. The van der Waals surface area contributed by atoms with Crippen LogP contribution in [0.1, 0.15) is 181 Å². The van der Waals surface area contributed by atoms with E-state index in [1.165, 1.54) is 89.9 Å². The molecular formula is C51H92N2O6P+. The average molecular weight is 860 g/mol. The van der Waals surface area contributed by atoms with Crippen LogP contribution in [0.2, 0.25) is 0 Å². The van der Waals surface area contributed by atoms with Gasteiger partial charge in [-0.15, -0.1) is 0 Å². The number of aliphatic hydroxyl groups excluding tert-OH is 1. The molecule has 0 heterocycles. The number of phosphoric acid groups is 1. The Morgan fingerprint density at radius 1 is 0.583 bits per heavy atom. The van der Waals surface area contributed by atoms with Crippen molar-refractivity contribution in [2.24, 2.45) is 0 Å². The van der Waals surface area contributed by atoms with Gasteiger partial charge in [0.15, 0.2) is 0 Å². The number of nitrogens with one attached hydrogen (secondary N) is 1. The lowest BCUT2D eigenvalue weighted by molar-refractivity contribution is -0.870. The zero-order valence-corrected chi connectivity index (χ0v) is 40.1. The lowest BCUT2D eigenvalue weighted by Crippen LogP contribution is -2.45. The summed E-state index contributed by atoms with van der Waals surface area (Å²) in [5.41, 5.74) is 0. The molecule has 0 bridgehead atoms. The van der Waals surface area contributed by atoms with E-state index in [-0.39, 0.29) is 19.1 Å². The number of likely N-dealkylation sites (N-methyl/N-ethyl adjacent to an activating group) is 1. The molecule has 0 aromatic heterocycles. The molecule has 8 nitrogen and oxygen atoms in total. The number of unbranched alkanes of at least 4 members (excludes halogenated alkanes) is 17. The van der Waals surface area contributed by atoms with Gasteiger partial charge < -0.3 is 19.8 Å². The van der Waals surface area contributed by atoms with Crippen molar-refractivity contribution in [2.45, 2.75) is 193 Å². The summed E-state index contributed by atoms with van der Waals surface area (Å²) >= 11 is 0. The van der Waals surface area contributed by atoms with E-state index < -0.39 is 20.0 Å². The number of nitrogens with zero attached hydrogens (tertiary/aromatic N) is 1. The predicted octanol–water partition coefficient (Wildman–Crippen LogP) is 13.7. The second-order valence-corrected chi connectivity index (χ2v) is 18.6. The number of aliphatic hydroxyl groups is 1. The molecule has 0 fully saturated rings. The van der Waals surface area contributed by atoms with Crippen LogP contribution < -0.4 is 5.32 Å². The third-order valence-corrected chi connectivity index (χ3v) is 11.1. The Balaban J connectivity index is 3.77. The summed E-state index contributed by atoms with van der Waals surface area (Å²) in [5, 5.41) is 13.5. The van der Waals surface area contributed by atoms with Crippen molar-refractivity contribution >= 4 is 13.7 Å². The number of phosphoric ester groups is 1. The van der Waals surface area contributed by atoms with Crippen molar-refractivity contribution in [2.75, 3.05) is 40.9 Å². The van der Waals surface area contributed by atoms with Crippen molar-refractivity contribution in [1.29, 1.82) is 0 Å². The van der Waals surface area contributed by atoms with Crippen LogP contribution in [0, 0.1) is 0 Å². The standard InChI is InChI=1S/C51H91N2O6P/c1-6-8-10-11-12-13-14-15-16-17-18-19-20-21-22-23-24-25-26-27-28-29-30-31-32-33-34-35-36-37-38-39-40-41-43-45-51(55)52-49(50(54)44-42-9-7-2)48-59-60(56,57)58-47-46-53(3,4)5/h8,10,12-13,15-16,18-19,21-22,24-25,42,44,49-50,54H,6-7,9,11,14,17,20,23,26-41,43,45-48H2,1-5H3,(H-,52,55,56,57)/p+1/b10-8-,13-12-,16-15-,19-18-,22-21-,25-24-,44-42+. The van der Waals surface area contributed by atoms with Gasteiger partial charge in [0.1, 0.15) is 13.2 Å². The van der Waals surface area contributed by atoms with Gasteiger partial charge in [-0.25, -0.2) is 4.57 Å². The Labute approximate surface area is 369 Å². The van der Waals surface area contributed by atoms with Crippen LogP contribution in [0.3, 0.4) is 0 Å². The van der Waals surface area contributed by atoms with Gasteiger partial charge in [-0.2, -0.15) is 0 Å². The van der Waals surface area contributed by atoms with E-state index >= 15 is 0 Å². The highest BCUT2D eigenvalue weighted by molar-refractivity contribution is 7.47. The van der Waals surface area contributed by atoms with Crippen molar-refractivity contribution < 1.29 is 32.9 Å². The normalized spacial score (nSPS) is 15.0. The summed E-state index contributed by atoms with van der Waals surface area (Å²) in [6.07, 6.45) is 59.1. The molecule has 60 heavy (non-hydrogen) atoms. The van der Waals surface area contributed by atoms with Crippen LogP contribution in [0.5, 0.6) is 0 Å². The Hall–Kier alpha value is -2.32. The Morgan fingerprint density at radius 2 is 1.00 bits per heavy atom. The fourth-order valence-electron chi connectivity index (χ4n) is 6.35. The lowest BCUT2D eigenvalue weighted by atomic mass is 10.0. The van der Waals surface area contributed by atoms with Gasteiger partial charge in [0.25, 0.3) is 0 Å². The van der Waals surface area contributed by atoms with Crippen LogP contribution in [0.15, 0.2) is 85.1 Å². The van der Waals surface area contributed by atoms with Gasteiger partial charge in [0.2, 0.25) is 5.91 Å². The Morgan fingerprint density at radius 3 is 1.43 bits per heavy atom. The largest absolute Gasteiger partial charge is 0.472 e. The van der Waals surface area contributed by atoms with E-state index in [1.54, 1.807) is 6.08 Å². The van der Waals surface area contributed by atoms with Crippen LogP contribution in [0.4, 0.5) is 0 Å². The SMILES string of the molecule is CC/C=C\C/C=C\C/C=C\C/C=C\C/C=C\C/C=C\CCCCCCCCCCCCCCCCCCC(=O)NC(COP(=O)(O)OCC[N+](C)(C)C)C(O)/C=C/CCC. The topological polar surface area (TPSA) is 105 Å². The van der Waals surface area contributed by atoms with Crippen LogP contribution in [0.25, 0.3) is 0 Å². The summed E-state index contributed by atoms with van der Waals surface area (Å²) in [4.78, 5) is 22.8. The molecule has 0 aromatic carbocycles. The van der Waals surface area contributed by atoms with Gasteiger partial charge in [-0.05, 0) is 64.2 Å². The maximum Gasteiger partial charge on any atom is 0.472 e. The third-order valence-electron chi connectivity index (χ3n) is 10.1. The highest BCUT2D eigenvalue weighted by Crippen LogP contribution is 2.43. The molecule has 0 radical (unpaired) electrons. The smallest absolute Gasteiger partial charge is 0.387 e. The Bertz CT molecular complexity index is 1250. The first-order chi connectivity index (χ1) is 29.0. The van der Waals surface area contributed by atoms with Gasteiger partial charge >= 0.3 is 7.82 Å². The molecule has 346 valence electrons. The molecule has 3 N–H and O–H groups in total. The highest BCUT2D eigenvalue weighted by Gasteiger charge is 2.27. The second kappa shape index (κ2) is 42.0. The van der Waals surface area contributed by atoms with E-state index in [0.29, 0.717) is 17.4 Å². The first-order valence-electron chi connectivity index (χ1n) is 24.0. The summed E-state index contributed by atoms with van der Waals surface area (Å²) < 4.78 is 23.2. The fraction of sp³-hybridized carbons (Fsp3) is 0.706. The Kier molecular flexibility index (Phi) is 40.4. The molecule has 0 aliphatic carbocycles. The second-order valence-electron chi connectivity index (χ2n) is 17.1. The van der Waals surface area contributed by atoms with E-state index in [4.69, 9.17) is 9.05 Å². The minimum Gasteiger partial charge on any atom is -0.387 e. The van der Waals surface area contributed by atoms with E-state index in [9.17, 15) is 19.4 Å². The number of hydrogen-bond acceptors (Lipinski definition) is 5. The molecule has 0 saturated heterocycles. The zero-order chi connectivity index (χ0) is 44.3. The van der Waals surface area contributed by atoms with Crippen molar-refractivity contribution in [3.8, 4) is 0 Å². The van der Waals surface area contributed by atoms with Crippen LogP contribution in [-0.4, -0.2) is 73.4 Å². The molecule has 0 rings (SSSR count). The summed E-state index contributed by atoms with van der Waals surface area (Å²) in [6, 6.07) is -0.844. The summed E-state index contributed by atoms with van der Waals surface area (Å²) in [5.74, 6) is -0.192. The predicted molar refractivity (Wildman–Crippen MR) is 258 cm³/mol. The molecule has 3 unspecified atom stereocenters. The monoisotopic (exact) mass is 860 g/mol. The molecule has 0 aliphatic heterocycles. The van der Waals surface area contributed by atoms with E-state index in [2.05, 4.69) is 85.2 Å². The number of hydrogen-bond donors (Lipinski definition) is 3. The zero-order valence-electron chi connectivity index (χ0n) is 39.2. The number of allylic oxidation sites excluding steroid dienone is 13. The summed E-state index contributed by atoms with van der Waals surface area (Å²) in [6.45, 7) is 4.47. The number of carbonyl (C=O) groups excluding carboxylic acids is 1. The van der Waals surface area contributed by atoms with Gasteiger partial charge in [0.05, 0.1) is 39.9 Å². The number of quaternary nitrogens is 1.